The maximum absolute atomic E-state index is 14.0. The molecule has 2 saturated carbocycles. The van der Waals surface area contributed by atoms with Crippen molar-refractivity contribution >= 4 is 5.97 Å². The number of benzene rings is 1. The first kappa shape index (κ1) is 11.7. The summed E-state index contributed by atoms with van der Waals surface area (Å²) >= 11 is 0. The summed E-state index contributed by atoms with van der Waals surface area (Å²) in [6.45, 7) is 0. The van der Waals surface area contributed by atoms with Crippen molar-refractivity contribution in [1.29, 1.82) is 0 Å². The molecule has 18 heavy (non-hydrogen) atoms. The topological polar surface area (TPSA) is 37.3 Å². The molecule has 0 aliphatic heterocycles. The monoisotopic (exact) mass is 248 g/mol. The Morgan fingerprint density at radius 3 is 2.56 bits per heavy atom. The summed E-state index contributed by atoms with van der Waals surface area (Å²) in [5.74, 6) is -0.111. The lowest BCUT2D eigenvalue weighted by Crippen LogP contribution is -2.09. The van der Waals surface area contributed by atoms with Gasteiger partial charge < -0.3 is 5.11 Å². The largest absolute Gasteiger partial charge is 0.481 e. The minimum atomic E-state index is -0.793. The summed E-state index contributed by atoms with van der Waals surface area (Å²) in [6.07, 6.45) is 4.43. The van der Waals surface area contributed by atoms with Gasteiger partial charge in [-0.3, -0.25) is 4.79 Å². The maximum atomic E-state index is 14.0. The summed E-state index contributed by atoms with van der Waals surface area (Å²) in [5.41, 5.74) is 1.67. The predicted octanol–water partition coefficient (Wildman–Crippen LogP) is 3.67. The summed E-state index contributed by atoms with van der Waals surface area (Å²) in [6, 6.07) is 5.36. The van der Waals surface area contributed by atoms with Crippen LogP contribution in [0.15, 0.2) is 18.2 Å². The Kier molecular flexibility index (Phi) is 2.84. The second-order valence-electron chi connectivity index (χ2n) is 5.60. The maximum Gasteiger partial charge on any atom is 0.303 e. The molecular weight excluding hydrogens is 231 g/mol. The third kappa shape index (κ3) is 2.40. The molecule has 96 valence electrons. The van der Waals surface area contributed by atoms with Crippen LogP contribution in [-0.2, 0) is 4.79 Å². The summed E-state index contributed by atoms with van der Waals surface area (Å²) in [5, 5.41) is 8.95. The van der Waals surface area contributed by atoms with Gasteiger partial charge in [0, 0.05) is 0 Å². The molecule has 0 aromatic heterocycles. The van der Waals surface area contributed by atoms with Crippen molar-refractivity contribution in [1.82, 2.24) is 0 Å². The van der Waals surface area contributed by atoms with E-state index in [2.05, 4.69) is 0 Å². The predicted molar refractivity (Wildman–Crippen MR) is 66.1 cm³/mol. The zero-order chi connectivity index (χ0) is 12.7. The second-order valence-corrected chi connectivity index (χ2v) is 5.60. The van der Waals surface area contributed by atoms with Gasteiger partial charge in [-0.1, -0.05) is 12.1 Å². The molecular formula is C15H17FO2. The molecule has 1 atom stereocenters. The summed E-state index contributed by atoms with van der Waals surface area (Å²) in [4.78, 5) is 10.9. The number of rotatable bonds is 5. The van der Waals surface area contributed by atoms with Crippen LogP contribution in [-0.4, -0.2) is 11.1 Å². The van der Waals surface area contributed by atoms with Crippen LogP contribution in [0.2, 0.25) is 0 Å². The van der Waals surface area contributed by atoms with Crippen LogP contribution in [0.25, 0.3) is 0 Å². The first-order valence-electron chi connectivity index (χ1n) is 6.66. The highest BCUT2D eigenvalue weighted by atomic mass is 19.1. The highest BCUT2D eigenvalue weighted by Crippen LogP contribution is 2.46. The number of aliphatic carboxylic acids is 1. The minimum absolute atomic E-state index is 0.00902. The number of carboxylic acids is 1. The van der Waals surface area contributed by atoms with E-state index in [1.165, 1.54) is 0 Å². The molecule has 2 nitrogen and oxygen atoms in total. The van der Waals surface area contributed by atoms with Crippen LogP contribution < -0.4 is 0 Å². The van der Waals surface area contributed by atoms with Crippen molar-refractivity contribution in [2.45, 2.75) is 43.9 Å². The SMILES string of the molecule is O=C(O)CC(c1ccc(C2CC2)c(F)c1)C1CC1. The molecule has 1 unspecified atom stereocenters. The first-order valence-corrected chi connectivity index (χ1v) is 6.66. The standard InChI is InChI=1S/C15H17FO2/c16-14-7-11(5-6-12(14)9-1-2-9)13(8-15(17)18)10-3-4-10/h5-7,9-10,13H,1-4,8H2,(H,17,18). The summed E-state index contributed by atoms with van der Waals surface area (Å²) < 4.78 is 14.0. The van der Waals surface area contributed by atoms with Crippen molar-refractivity contribution in [3.63, 3.8) is 0 Å². The van der Waals surface area contributed by atoms with Crippen LogP contribution in [0.1, 0.15) is 55.1 Å². The summed E-state index contributed by atoms with van der Waals surface area (Å²) in [7, 11) is 0. The van der Waals surface area contributed by atoms with Crippen LogP contribution in [0, 0.1) is 11.7 Å². The quantitative estimate of drug-likeness (QED) is 0.863. The van der Waals surface area contributed by atoms with Gasteiger partial charge in [0.15, 0.2) is 0 Å². The molecule has 3 heteroatoms. The molecule has 0 spiro atoms. The Hall–Kier alpha value is -1.38. The van der Waals surface area contributed by atoms with E-state index in [0.29, 0.717) is 11.8 Å². The van der Waals surface area contributed by atoms with Gasteiger partial charge in [0.25, 0.3) is 0 Å². The third-order valence-corrected chi connectivity index (χ3v) is 4.06. The Morgan fingerprint density at radius 1 is 1.33 bits per heavy atom. The van der Waals surface area contributed by atoms with Gasteiger partial charge in [0.05, 0.1) is 6.42 Å². The lowest BCUT2D eigenvalue weighted by molar-refractivity contribution is -0.137. The molecule has 0 bridgehead atoms. The fourth-order valence-electron chi connectivity index (χ4n) is 2.74. The Bertz CT molecular complexity index is 475. The van der Waals surface area contributed by atoms with Crippen LogP contribution >= 0.6 is 0 Å². The van der Waals surface area contributed by atoms with E-state index in [0.717, 1.165) is 36.8 Å². The van der Waals surface area contributed by atoms with Gasteiger partial charge in [-0.25, -0.2) is 4.39 Å². The number of carboxylic acid groups (broad SMARTS) is 1. The molecule has 1 aromatic carbocycles. The fourth-order valence-corrected chi connectivity index (χ4v) is 2.74. The van der Waals surface area contributed by atoms with E-state index in [1.807, 2.05) is 12.1 Å². The van der Waals surface area contributed by atoms with Crippen molar-refractivity contribution in [2.75, 3.05) is 0 Å². The first-order chi connectivity index (χ1) is 8.65. The normalized spacial score (nSPS) is 20.7. The molecule has 0 saturated heterocycles. The third-order valence-electron chi connectivity index (χ3n) is 4.06. The number of halogens is 1. The molecule has 1 N–H and O–H groups in total. The lowest BCUT2D eigenvalue weighted by Gasteiger charge is -2.15. The zero-order valence-corrected chi connectivity index (χ0v) is 10.2. The van der Waals surface area contributed by atoms with E-state index in [1.54, 1.807) is 6.07 Å². The van der Waals surface area contributed by atoms with Crippen molar-refractivity contribution in [2.24, 2.45) is 5.92 Å². The Labute approximate surface area is 106 Å². The molecule has 2 aliphatic carbocycles. The van der Waals surface area contributed by atoms with Gasteiger partial charge in [-0.15, -0.1) is 0 Å². The van der Waals surface area contributed by atoms with E-state index in [9.17, 15) is 9.18 Å². The highest BCUT2D eigenvalue weighted by molar-refractivity contribution is 5.68. The fraction of sp³-hybridized carbons (Fsp3) is 0.533. The van der Waals surface area contributed by atoms with Crippen molar-refractivity contribution in [3.8, 4) is 0 Å². The molecule has 0 heterocycles. The molecule has 2 aliphatic rings. The lowest BCUT2D eigenvalue weighted by atomic mass is 9.90. The average Bonchev–Trinajstić information content (AvgIpc) is 3.15. The van der Waals surface area contributed by atoms with E-state index >= 15 is 0 Å². The van der Waals surface area contributed by atoms with E-state index < -0.39 is 5.97 Å². The average molecular weight is 248 g/mol. The van der Waals surface area contributed by atoms with Gasteiger partial charge >= 0.3 is 5.97 Å². The second kappa shape index (κ2) is 4.38. The zero-order valence-electron chi connectivity index (χ0n) is 10.2. The molecule has 1 aromatic rings. The molecule has 0 amide bonds. The van der Waals surface area contributed by atoms with Crippen molar-refractivity contribution < 1.29 is 14.3 Å². The van der Waals surface area contributed by atoms with E-state index in [-0.39, 0.29) is 18.2 Å². The molecule has 3 rings (SSSR count). The minimum Gasteiger partial charge on any atom is -0.481 e. The number of hydrogen-bond donors (Lipinski definition) is 1. The Morgan fingerprint density at radius 2 is 2.06 bits per heavy atom. The van der Waals surface area contributed by atoms with Gasteiger partial charge in [-0.05, 0) is 60.6 Å². The highest BCUT2D eigenvalue weighted by Gasteiger charge is 2.34. The number of hydrogen-bond acceptors (Lipinski definition) is 1. The molecule has 0 radical (unpaired) electrons. The smallest absolute Gasteiger partial charge is 0.303 e. The van der Waals surface area contributed by atoms with Crippen molar-refractivity contribution in [3.05, 3.63) is 35.1 Å². The van der Waals surface area contributed by atoms with Crippen LogP contribution in [0.3, 0.4) is 0 Å². The molecule has 2 fully saturated rings. The van der Waals surface area contributed by atoms with Gasteiger partial charge in [-0.2, -0.15) is 0 Å². The van der Waals surface area contributed by atoms with Gasteiger partial charge in [0.2, 0.25) is 0 Å². The number of carbonyl (C=O) groups is 1. The van der Waals surface area contributed by atoms with Crippen LogP contribution in [0.4, 0.5) is 4.39 Å². The van der Waals surface area contributed by atoms with Gasteiger partial charge in [0.1, 0.15) is 5.82 Å². The van der Waals surface area contributed by atoms with E-state index in [4.69, 9.17) is 5.11 Å². The Balaban J connectivity index is 1.84. The van der Waals surface area contributed by atoms with Crippen LogP contribution in [0.5, 0.6) is 0 Å².